The van der Waals surface area contributed by atoms with Crippen molar-refractivity contribution in [2.75, 3.05) is 5.32 Å². The summed E-state index contributed by atoms with van der Waals surface area (Å²) in [6.45, 7) is 2.08. The Balaban J connectivity index is 1.43. The van der Waals surface area contributed by atoms with E-state index in [1.54, 1.807) is 17.4 Å². The molecule has 134 valence electrons. The van der Waals surface area contributed by atoms with Gasteiger partial charge in [-0.1, -0.05) is 12.5 Å². The fourth-order valence-corrected chi connectivity index (χ4v) is 4.55. The normalized spacial score (nSPS) is 22.4. The van der Waals surface area contributed by atoms with Crippen molar-refractivity contribution in [3.8, 4) is 0 Å². The molecule has 26 heavy (non-hydrogen) atoms. The lowest BCUT2D eigenvalue weighted by atomic mass is 9.85. The number of fused-ring (bicyclic) bond motifs is 1. The van der Waals surface area contributed by atoms with Crippen molar-refractivity contribution in [3.05, 3.63) is 52.2 Å². The Hall–Kier alpha value is -2.08. The maximum Gasteiger partial charge on any atom is 0.159 e. The van der Waals surface area contributed by atoms with Crippen LogP contribution in [0.15, 0.2) is 24.3 Å². The van der Waals surface area contributed by atoms with Crippen LogP contribution in [0.3, 0.4) is 0 Å². The Bertz CT molecular complexity index is 996. The fraction of sp³-hybridized carbons (Fsp3) is 0.400. The standard InChI is InChI=1S/C20H19F2N3S/c1-10-7-14-19(24-18(11-3-2-4-11)25-20(14)26-10)23-17-9-13(17)12-5-6-15(21)16(22)8-12/h5-8,11,13,17H,2-4,9H2,1H3,(H,23,24,25)/t13-,17+/m0/s1. The zero-order valence-corrected chi connectivity index (χ0v) is 15.2. The summed E-state index contributed by atoms with van der Waals surface area (Å²) in [5.74, 6) is 0.925. The molecule has 0 amide bonds. The Kier molecular flexibility index (Phi) is 3.71. The Morgan fingerprint density at radius 3 is 2.69 bits per heavy atom. The first-order valence-electron chi connectivity index (χ1n) is 9.08. The van der Waals surface area contributed by atoms with Crippen molar-refractivity contribution in [1.29, 1.82) is 0 Å². The summed E-state index contributed by atoms with van der Waals surface area (Å²) in [5, 5.41) is 4.60. The monoisotopic (exact) mass is 371 g/mol. The van der Waals surface area contributed by atoms with Crippen LogP contribution >= 0.6 is 11.3 Å². The molecule has 0 radical (unpaired) electrons. The van der Waals surface area contributed by atoms with E-state index in [9.17, 15) is 8.78 Å². The lowest BCUT2D eigenvalue weighted by Crippen LogP contribution is -2.15. The number of anilines is 1. The lowest BCUT2D eigenvalue weighted by Gasteiger charge is -2.24. The number of aryl methyl sites for hydroxylation is 1. The van der Waals surface area contributed by atoms with Gasteiger partial charge in [-0.25, -0.2) is 18.7 Å². The van der Waals surface area contributed by atoms with Crippen LogP contribution in [-0.2, 0) is 0 Å². The van der Waals surface area contributed by atoms with Crippen LogP contribution in [0.4, 0.5) is 14.6 Å². The summed E-state index contributed by atoms with van der Waals surface area (Å²) in [6, 6.07) is 6.52. The van der Waals surface area contributed by atoms with Crippen molar-refractivity contribution >= 4 is 27.4 Å². The molecule has 6 heteroatoms. The number of hydrogen-bond acceptors (Lipinski definition) is 4. The molecule has 1 aromatic carbocycles. The molecule has 0 spiro atoms. The van der Waals surface area contributed by atoms with E-state index in [1.165, 1.54) is 23.4 Å². The minimum absolute atomic E-state index is 0.196. The van der Waals surface area contributed by atoms with E-state index in [1.807, 2.05) is 0 Å². The number of rotatable bonds is 4. The predicted molar refractivity (Wildman–Crippen MR) is 99.9 cm³/mol. The molecule has 2 heterocycles. The number of nitrogens with zero attached hydrogens (tertiary/aromatic N) is 2. The van der Waals surface area contributed by atoms with Gasteiger partial charge in [0.2, 0.25) is 0 Å². The SMILES string of the molecule is Cc1cc2c(N[C@@H]3C[C@H]3c3ccc(F)c(F)c3)nc(C3CCC3)nc2s1. The molecule has 2 fully saturated rings. The van der Waals surface area contributed by atoms with Gasteiger partial charge >= 0.3 is 0 Å². The van der Waals surface area contributed by atoms with Crippen molar-refractivity contribution in [1.82, 2.24) is 9.97 Å². The topological polar surface area (TPSA) is 37.8 Å². The second-order valence-electron chi connectivity index (χ2n) is 7.40. The smallest absolute Gasteiger partial charge is 0.159 e. The number of benzene rings is 1. The summed E-state index contributed by atoms with van der Waals surface area (Å²) < 4.78 is 26.7. The summed E-state index contributed by atoms with van der Waals surface area (Å²) >= 11 is 1.70. The molecule has 0 unspecified atom stereocenters. The summed E-state index contributed by atoms with van der Waals surface area (Å²) in [6.07, 6.45) is 4.48. The average Bonchev–Trinajstić information content (AvgIpc) is 3.20. The maximum absolute atomic E-state index is 13.5. The third-order valence-corrected chi connectivity index (χ3v) is 6.43. The zero-order valence-electron chi connectivity index (χ0n) is 14.4. The fourth-order valence-electron chi connectivity index (χ4n) is 3.66. The minimum atomic E-state index is -0.796. The number of nitrogens with one attached hydrogen (secondary N) is 1. The van der Waals surface area contributed by atoms with Crippen molar-refractivity contribution < 1.29 is 8.78 Å². The van der Waals surface area contributed by atoms with Gasteiger partial charge in [-0.05, 0) is 49.9 Å². The molecule has 0 bridgehead atoms. The summed E-state index contributed by atoms with van der Waals surface area (Å²) in [4.78, 5) is 11.9. The molecule has 0 saturated heterocycles. The van der Waals surface area contributed by atoms with Gasteiger partial charge in [0.05, 0.1) is 5.39 Å². The Morgan fingerprint density at radius 1 is 1.12 bits per heavy atom. The zero-order chi connectivity index (χ0) is 17.8. The van der Waals surface area contributed by atoms with Crippen LogP contribution in [-0.4, -0.2) is 16.0 Å². The van der Waals surface area contributed by atoms with Crippen LogP contribution in [0.5, 0.6) is 0 Å². The average molecular weight is 371 g/mol. The van der Waals surface area contributed by atoms with E-state index in [0.29, 0.717) is 5.92 Å². The van der Waals surface area contributed by atoms with Crippen LogP contribution in [0.2, 0.25) is 0 Å². The quantitative estimate of drug-likeness (QED) is 0.657. The van der Waals surface area contributed by atoms with Gasteiger partial charge in [0.25, 0.3) is 0 Å². The molecule has 2 aliphatic rings. The Labute approximate surface area is 154 Å². The maximum atomic E-state index is 13.5. The van der Waals surface area contributed by atoms with Crippen LogP contribution in [0.1, 0.15) is 53.8 Å². The summed E-state index contributed by atoms with van der Waals surface area (Å²) in [7, 11) is 0. The highest BCUT2D eigenvalue weighted by molar-refractivity contribution is 7.18. The summed E-state index contributed by atoms with van der Waals surface area (Å²) in [5.41, 5.74) is 0.840. The van der Waals surface area contributed by atoms with Gasteiger partial charge in [0.15, 0.2) is 11.6 Å². The van der Waals surface area contributed by atoms with Gasteiger partial charge in [-0.2, -0.15) is 0 Å². The predicted octanol–water partition coefficient (Wildman–Crippen LogP) is 5.51. The van der Waals surface area contributed by atoms with Crippen LogP contribution in [0.25, 0.3) is 10.2 Å². The third-order valence-electron chi connectivity index (χ3n) is 5.49. The molecule has 2 atom stereocenters. The molecule has 0 aliphatic heterocycles. The highest BCUT2D eigenvalue weighted by atomic mass is 32.1. The number of aromatic nitrogens is 2. The van der Waals surface area contributed by atoms with E-state index < -0.39 is 11.6 Å². The van der Waals surface area contributed by atoms with Crippen molar-refractivity contribution in [3.63, 3.8) is 0 Å². The second kappa shape index (κ2) is 5.98. The van der Waals surface area contributed by atoms with Gasteiger partial charge in [-0.3, -0.25) is 0 Å². The minimum Gasteiger partial charge on any atom is -0.366 e. The number of hydrogen-bond donors (Lipinski definition) is 1. The largest absolute Gasteiger partial charge is 0.366 e. The lowest BCUT2D eigenvalue weighted by molar-refractivity contribution is 0.403. The highest BCUT2D eigenvalue weighted by Gasteiger charge is 2.39. The van der Waals surface area contributed by atoms with Gasteiger partial charge in [-0.15, -0.1) is 11.3 Å². The van der Waals surface area contributed by atoms with Gasteiger partial charge in [0.1, 0.15) is 16.5 Å². The van der Waals surface area contributed by atoms with Crippen molar-refractivity contribution in [2.24, 2.45) is 0 Å². The van der Waals surface area contributed by atoms with E-state index in [2.05, 4.69) is 18.3 Å². The molecule has 2 aromatic heterocycles. The van der Waals surface area contributed by atoms with Crippen LogP contribution in [0, 0.1) is 18.6 Å². The van der Waals surface area contributed by atoms with E-state index in [-0.39, 0.29) is 12.0 Å². The van der Waals surface area contributed by atoms with E-state index >= 15 is 0 Å². The first-order chi connectivity index (χ1) is 12.6. The first kappa shape index (κ1) is 16.1. The second-order valence-corrected chi connectivity index (χ2v) is 8.64. The molecule has 2 aliphatic carbocycles. The van der Waals surface area contributed by atoms with E-state index in [4.69, 9.17) is 9.97 Å². The molecule has 3 aromatic rings. The molecular formula is C20H19F2N3S. The highest BCUT2D eigenvalue weighted by Crippen LogP contribution is 2.44. The van der Waals surface area contributed by atoms with Crippen LogP contribution < -0.4 is 5.32 Å². The number of thiophene rings is 1. The first-order valence-corrected chi connectivity index (χ1v) is 9.89. The molecular weight excluding hydrogens is 352 g/mol. The molecule has 5 rings (SSSR count). The third kappa shape index (κ3) is 2.76. The molecule has 1 N–H and O–H groups in total. The Morgan fingerprint density at radius 2 is 1.96 bits per heavy atom. The van der Waals surface area contributed by atoms with Gasteiger partial charge in [0, 0.05) is 22.8 Å². The van der Waals surface area contributed by atoms with Gasteiger partial charge < -0.3 is 5.32 Å². The molecule has 3 nitrogen and oxygen atoms in total. The number of halogens is 2. The molecule has 2 saturated carbocycles. The van der Waals surface area contributed by atoms with E-state index in [0.717, 1.165) is 46.7 Å². The van der Waals surface area contributed by atoms with Crippen molar-refractivity contribution in [2.45, 2.75) is 50.5 Å².